The number of carbonyl (C=O) groups excluding carboxylic acids is 1. The second kappa shape index (κ2) is 4.58. The Kier molecular flexibility index (Phi) is 3.46. The van der Waals surface area contributed by atoms with E-state index in [1.807, 2.05) is 11.8 Å². The van der Waals surface area contributed by atoms with Crippen molar-refractivity contribution in [1.29, 1.82) is 0 Å². The summed E-state index contributed by atoms with van der Waals surface area (Å²) < 4.78 is 0. The van der Waals surface area contributed by atoms with Gasteiger partial charge in [0.05, 0.1) is 24.1 Å². The molecule has 0 radical (unpaired) electrons. The van der Waals surface area contributed by atoms with Crippen LogP contribution < -0.4 is 5.32 Å². The van der Waals surface area contributed by atoms with Gasteiger partial charge >= 0.3 is 0 Å². The van der Waals surface area contributed by atoms with Crippen molar-refractivity contribution in [1.82, 2.24) is 10.2 Å². The van der Waals surface area contributed by atoms with Gasteiger partial charge in [-0.3, -0.25) is 4.79 Å². The van der Waals surface area contributed by atoms with Crippen molar-refractivity contribution in [3.8, 4) is 0 Å². The molecule has 0 aromatic carbocycles. The Morgan fingerprint density at radius 2 is 2.06 bits per heavy atom. The largest absolute Gasteiger partial charge is 0.386 e. The SMILES string of the molecule is CCC1(O)CN(C(=O)C2(CC)CCCNC2)C1. The highest BCUT2D eigenvalue weighted by Gasteiger charge is 2.48. The molecule has 2 N–H and O–H groups in total. The summed E-state index contributed by atoms with van der Waals surface area (Å²) in [5.74, 6) is 0.241. The molecule has 1 atom stereocenters. The molecule has 2 fully saturated rings. The molecule has 1 unspecified atom stereocenters. The number of amides is 1. The Labute approximate surface area is 103 Å². The fourth-order valence-electron chi connectivity index (χ4n) is 2.97. The standard InChI is InChI=1S/C13H24N2O2/c1-3-12(6-5-7-14-8-12)11(16)15-9-13(17,4-2)10-15/h14,17H,3-10H2,1-2H3. The highest BCUT2D eigenvalue weighted by molar-refractivity contribution is 5.84. The van der Waals surface area contributed by atoms with Crippen LogP contribution in [0.2, 0.25) is 0 Å². The van der Waals surface area contributed by atoms with Gasteiger partial charge < -0.3 is 15.3 Å². The Bertz CT molecular complexity index is 292. The molecule has 2 aliphatic rings. The van der Waals surface area contributed by atoms with Crippen molar-refractivity contribution in [3.05, 3.63) is 0 Å². The highest BCUT2D eigenvalue weighted by Crippen LogP contribution is 2.36. The van der Waals surface area contributed by atoms with Crippen LogP contribution in [0.3, 0.4) is 0 Å². The fraction of sp³-hybridized carbons (Fsp3) is 0.923. The number of carbonyl (C=O) groups is 1. The molecular formula is C13H24N2O2. The predicted molar refractivity (Wildman–Crippen MR) is 66.6 cm³/mol. The maximum Gasteiger partial charge on any atom is 0.230 e. The maximum absolute atomic E-state index is 12.5. The van der Waals surface area contributed by atoms with E-state index in [-0.39, 0.29) is 11.3 Å². The minimum atomic E-state index is -0.618. The van der Waals surface area contributed by atoms with E-state index in [1.165, 1.54) is 0 Å². The van der Waals surface area contributed by atoms with Gasteiger partial charge in [-0.05, 0) is 32.2 Å². The van der Waals surface area contributed by atoms with Gasteiger partial charge in [-0.15, -0.1) is 0 Å². The molecule has 98 valence electrons. The quantitative estimate of drug-likeness (QED) is 0.765. The second-order valence-electron chi connectivity index (χ2n) is 5.65. The minimum absolute atomic E-state index is 0.215. The first-order valence-electron chi connectivity index (χ1n) is 6.78. The normalized spacial score (nSPS) is 32.1. The number of aliphatic hydroxyl groups is 1. The van der Waals surface area contributed by atoms with E-state index in [9.17, 15) is 9.90 Å². The van der Waals surface area contributed by atoms with Crippen LogP contribution >= 0.6 is 0 Å². The summed E-state index contributed by atoms with van der Waals surface area (Å²) in [5.41, 5.74) is -0.833. The lowest BCUT2D eigenvalue weighted by molar-refractivity contribution is -0.167. The zero-order valence-corrected chi connectivity index (χ0v) is 11.0. The summed E-state index contributed by atoms with van der Waals surface area (Å²) in [4.78, 5) is 14.3. The van der Waals surface area contributed by atoms with E-state index in [2.05, 4.69) is 12.2 Å². The lowest BCUT2D eigenvalue weighted by atomic mass is 9.75. The van der Waals surface area contributed by atoms with Gasteiger partial charge in [0.15, 0.2) is 0 Å². The van der Waals surface area contributed by atoms with Gasteiger partial charge in [0.2, 0.25) is 5.91 Å². The molecule has 0 bridgehead atoms. The first kappa shape index (κ1) is 12.8. The molecule has 2 heterocycles. The van der Waals surface area contributed by atoms with Gasteiger partial charge in [0.1, 0.15) is 0 Å². The summed E-state index contributed by atoms with van der Waals surface area (Å²) in [6, 6.07) is 0. The van der Waals surface area contributed by atoms with Crippen molar-refractivity contribution < 1.29 is 9.90 Å². The molecule has 2 rings (SSSR count). The van der Waals surface area contributed by atoms with E-state index in [4.69, 9.17) is 0 Å². The Hall–Kier alpha value is -0.610. The van der Waals surface area contributed by atoms with Crippen molar-refractivity contribution >= 4 is 5.91 Å². The van der Waals surface area contributed by atoms with E-state index < -0.39 is 5.60 Å². The van der Waals surface area contributed by atoms with Crippen molar-refractivity contribution in [3.63, 3.8) is 0 Å². The zero-order valence-electron chi connectivity index (χ0n) is 11.0. The second-order valence-corrected chi connectivity index (χ2v) is 5.65. The summed E-state index contributed by atoms with van der Waals surface area (Å²) in [6.07, 6.45) is 3.68. The molecule has 0 aliphatic carbocycles. The molecule has 17 heavy (non-hydrogen) atoms. The lowest BCUT2D eigenvalue weighted by Gasteiger charge is -2.50. The topological polar surface area (TPSA) is 52.6 Å². The van der Waals surface area contributed by atoms with Crippen LogP contribution in [0.25, 0.3) is 0 Å². The molecule has 2 saturated heterocycles. The van der Waals surface area contributed by atoms with Gasteiger partial charge in [-0.1, -0.05) is 13.8 Å². The summed E-state index contributed by atoms with van der Waals surface area (Å²) >= 11 is 0. The van der Waals surface area contributed by atoms with Gasteiger partial charge in [-0.2, -0.15) is 0 Å². The van der Waals surface area contributed by atoms with Crippen LogP contribution in [-0.4, -0.2) is 47.7 Å². The van der Waals surface area contributed by atoms with Crippen LogP contribution in [-0.2, 0) is 4.79 Å². The first-order chi connectivity index (χ1) is 8.05. The van der Waals surface area contributed by atoms with Crippen molar-refractivity contribution in [2.45, 2.75) is 45.1 Å². The molecule has 0 aromatic heterocycles. The number of likely N-dealkylation sites (tertiary alicyclic amines) is 1. The van der Waals surface area contributed by atoms with Crippen LogP contribution in [0.15, 0.2) is 0 Å². The molecule has 2 aliphatic heterocycles. The minimum Gasteiger partial charge on any atom is -0.386 e. The van der Waals surface area contributed by atoms with Crippen LogP contribution in [0, 0.1) is 5.41 Å². The smallest absolute Gasteiger partial charge is 0.230 e. The first-order valence-corrected chi connectivity index (χ1v) is 6.78. The number of hydrogen-bond donors (Lipinski definition) is 2. The van der Waals surface area contributed by atoms with Gasteiger partial charge in [0, 0.05) is 6.54 Å². The highest BCUT2D eigenvalue weighted by atomic mass is 16.3. The van der Waals surface area contributed by atoms with E-state index in [0.717, 1.165) is 38.8 Å². The number of nitrogens with zero attached hydrogens (tertiary/aromatic N) is 1. The average Bonchev–Trinajstić information content (AvgIpc) is 2.35. The molecule has 4 nitrogen and oxygen atoms in total. The number of nitrogens with one attached hydrogen (secondary N) is 1. The lowest BCUT2D eigenvalue weighted by Crippen LogP contribution is -2.66. The Morgan fingerprint density at radius 1 is 1.35 bits per heavy atom. The van der Waals surface area contributed by atoms with E-state index in [1.54, 1.807) is 0 Å². The Balaban J connectivity index is 1.99. The van der Waals surface area contributed by atoms with Gasteiger partial charge in [0.25, 0.3) is 0 Å². The third-order valence-corrected chi connectivity index (χ3v) is 4.52. The van der Waals surface area contributed by atoms with E-state index in [0.29, 0.717) is 13.1 Å². The maximum atomic E-state index is 12.5. The molecule has 0 saturated carbocycles. The monoisotopic (exact) mass is 240 g/mol. The molecule has 0 aromatic rings. The van der Waals surface area contributed by atoms with E-state index >= 15 is 0 Å². The summed E-state index contributed by atoms with van der Waals surface area (Å²) in [6.45, 7) is 6.92. The summed E-state index contributed by atoms with van der Waals surface area (Å²) in [5, 5.41) is 13.3. The van der Waals surface area contributed by atoms with Crippen LogP contribution in [0.5, 0.6) is 0 Å². The zero-order chi connectivity index (χ0) is 12.5. The Morgan fingerprint density at radius 3 is 2.53 bits per heavy atom. The number of rotatable bonds is 3. The number of β-amino-alcohol motifs (C(OH)–C–C–N with tert-alkyl or cyclic N) is 1. The third-order valence-electron chi connectivity index (χ3n) is 4.52. The number of piperidine rings is 1. The average molecular weight is 240 g/mol. The molecule has 1 amide bonds. The number of hydrogen-bond acceptors (Lipinski definition) is 3. The third kappa shape index (κ3) is 2.20. The van der Waals surface area contributed by atoms with Gasteiger partial charge in [-0.25, -0.2) is 0 Å². The molecule has 4 heteroatoms. The molecular weight excluding hydrogens is 216 g/mol. The van der Waals surface area contributed by atoms with Crippen molar-refractivity contribution in [2.24, 2.45) is 5.41 Å². The van der Waals surface area contributed by atoms with Crippen molar-refractivity contribution in [2.75, 3.05) is 26.2 Å². The summed E-state index contributed by atoms with van der Waals surface area (Å²) in [7, 11) is 0. The van der Waals surface area contributed by atoms with Crippen LogP contribution in [0.1, 0.15) is 39.5 Å². The predicted octanol–water partition coefficient (Wildman–Crippen LogP) is 0.749. The molecule has 0 spiro atoms. The fourth-order valence-corrected chi connectivity index (χ4v) is 2.97. The van der Waals surface area contributed by atoms with Crippen LogP contribution in [0.4, 0.5) is 0 Å².